The Kier molecular flexibility index (Phi) is 4.82. The summed E-state index contributed by atoms with van der Waals surface area (Å²) in [6.07, 6.45) is 3.05. The number of ether oxygens (including phenoxy) is 1. The Balaban J connectivity index is 1.50. The van der Waals surface area contributed by atoms with E-state index in [1.807, 2.05) is 4.90 Å². The zero-order valence-corrected chi connectivity index (χ0v) is 12.9. The van der Waals surface area contributed by atoms with E-state index in [0.717, 1.165) is 38.2 Å². The fourth-order valence-corrected chi connectivity index (χ4v) is 2.63. The number of piperidine rings is 1. The molecule has 0 saturated carbocycles. The summed E-state index contributed by atoms with van der Waals surface area (Å²) in [7, 11) is 0. The summed E-state index contributed by atoms with van der Waals surface area (Å²) in [5.74, 6) is 1.47. The molecule has 1 aliphatic rings. The molecule has 128 valence electrons. The average molecular weight is 338 g/mol. The third-order valence-corrected chi connectivity index (χ3v) is 4.02. The van der Waals surface area contributed by atoms with E-state index in [2.05, 4.69) is 15.0 Å². The lowest BCUT2D eigenvalue weighted by Crippen LogP contribution is -2.36. The fourth-order valence-electron chi connectivity index (χ4n) is 2.63. The number of nitrogens with zero attached hydrogens (tertiary/aromatic N) is 4. The minimum Gasteiger partial charge on any atom is -0.476 e. The number of rotatable bonds is 4. The molecule has 0 radical (unpaired) electrons. The van der Waals surface area contributed by atoms with Crippen LogP contribution in [0.15, 0.2) is 36.9 Å². The molecule has 0 spiro atoms. The quantitative estimate of drug-likeness (QED) is 0.857. The molecule has 3 rings (SSSR count). The summed E-state index contributed by atoms with van der Waals surface area (Å²) in [6, 6.07) is 2.50. The summed E-state index contributed by atoms with van der Waals surface area (Å²) < 4.78 is 43.3. The molecule has 24 heavy (non-hydrogen) atoms. The first-order chi connectivity index (χ1) is 11.5. The molecule has 0 bridgehead atoms. The molecule has 2 aromatic heterocycles. The van der Waals surface area contributed by atoms with Crippen molar-refractivity contribution in [1.29, 1.82) is 0 Å². The van der Waals surface area contributed by atoms with Crippen LogP contribution in [0, 0.1) is 5.92 Å². The first-order valence-electron chi connectivity index (χ1n) is 7.69. The second kappa shape index (κ2) is 7.02. The molecular formula is C16H17F3N4O. The third kappa shape index (κ3) is 4.12. The summed E-state index contributed by atoms with van der Waals surface area (Å²) in [6.45, 7) is 2.05. The van der Waals surface area contributed by atoms with Crippen LogP contribution >= 0.6 is 0 Å². The van der Waals surface area contributed by atoms with Gasteiger partial charge in [0.1, 0.15) is 5.82 Å². The molecule has 0 aliphatic carbocycles. The summed E-state index contributed by atoms with van der Waals surface area (Å²) in [5.41, 5.74) is -0.724. The number of aromatic nitrogens is 3. The van der Waals surface area contributed by atoms with Crippen LogP contribution in [0.2, 0.25) is 0 Å². The molecular weight excluding hydrogens is 321 g/mol. The van der Waals surface area contributed by atoms with Gasteiger partial charge in [0, 0.05) is 31.7 Å². The minimum atomic E-state index is -4.35. The van der Waals surface area contributed by atoms with Gasteiger partial charge < -0.3 is 9.64 Å². The van der Waals surface area contributed by atoms with E-state index in [1.165, 1.54) is 6.07 Å². The monoisotopic (exact) mass is 338 g/mol. The maximum atomic E-state index is 12.6. The van der Waals surface area contributed by atoms with Crippen molar-refractivity contribution >= 4 is 5.82 Å². The molecule has 1 fully saturated rings. The Bertz CT molecular complexity index is 641. The zero-order valence-electron chi connectivity index (χ0n) is 12.9. The fraction of sp³-hybridized carbons (Fsp3) is 0.438. The molecule has 1 aliphatic heterocycles. The highest BCUT2D eigenvalue weighted by atomic mass is 19.4. The van der Waals surface area contributed by atoms with Crippen molar-refractivity contribution in [1.82, 2.24) is 15.0 Å². The molecule has 2 aromatic rings. The van der Waals surface area contributed by atoms with Crippen LogP contribution in [-0.2, 0) is 6.18 Å². The average Bonchev–Trinajstić information content (AvgIpc) is 2.61. The summed E-state index contributed by atoms with van der Waals surface area (Å²) in [4.78, 5) is 13.9. The topological polar surface area (TPSA) is 51.1 Å². The van der Waals surface area contributed by atoms with Crippen LogP contribution in [-0.4, -0.2) is 34.6 Å². The van der Waals surface area contributed by atoms with Gasteiger partial charge in [0.25, 0.3) is 0 Å². The van der Waals surface area contributed by atoms with Gasteiger partial charge in [-0.3, -0.25) is 4.98 Å². The number of halogens is 3. The Morgan fingerprint density at radius 3 is 2.46 bits per heavy atom. The van der Waals surface area contributed by atoms with E-state index in [0.29, 0.717) is 24.2 Å². The highest BCUT2D eigenvalue weighted by molar-refractivity contribution is 5.40. The summed E-state index contributed by atoms with van der Waals surface area (Å²) >= 11 is 0. The summed E-state index contributed by atoms with van der Waals surface area (Å²) in [5, 5.41) is 0. The van der Waals surface area contributed by atoms with Crippen LogP contribution in [0.25, 0.3) is 0 Å². The smallest absolute Gasteiger partial charge is 0.417 e. The molecule has 0 unspecified atom stereocenters. The lowest BCUT2D eigenvalue weighted by molar-refractivity contribution is -0.137. The zero-order chi connectivity index (χ0) is 17.0. The Morgan fingerprint density at radius 2 is 1.88 bits per heavy atom. The maximum absolute atomic E-state index is 12.6. The Labute approximate surface area is 137 Å². The van der Waals surface area contributed by atoms with Crippen molar-refractivity contribution in [2.45, 2.75) is 19.0 Å². The van der Waals surface area contributed by atoms with Gasteiger partial charge >= 0.3 is 6.18 Å². The van der Waals surface area contributed by atoms with Crippen LogP contribution in [0.3, 0.4) is 0 Å². The van der Waals surface area contributed by atoms with Gasteiger partial charge in [-0.15, -0.1) is 0 Å². The van der Waals surface area contributed by atoms with E-state index in [9.17, 15) is 13.2 Å². The third-order valence-electron chi connectivity index (χ3n) is 4.02. The number of hydrogen-bond donors (Lipinski definition) is 0. The molecule has 0 aromatic carbocycles. The van der Waals surface area contributed by atoms with Crippen LogP contribution in [0.5, 0.6) is 5.88 Å². The molecule has 3 heterocycles. The number of alkyl halides is 3. The highest BCUT2D eigenvalue weighted by Crippen LogP contribution is 2.30. The van der Waals surface area contributed by atoms with Crippen molar-refractivity contribution in [3.8, 4) is 5.88 Å². The molecule has 1 saturated heterocycles. The van der Waals surface area contributed by atoms with Crippen LogP contribution in [0.1, 0.15) is 18.4 Å². The van der Waals surface area contributed by atoms with Gasteiger partial charge in [0.05, 0.1) is 18.4 Å². The lowest BCUT2D eigenvalue weighted by Gasteiger charge is -2.32. The van der Waals surface area contributed by atoms with Crippen molar-refractivity contribution in [2.24, 2.45) is 5.92 Å². The van der Waals surface area contributed by atoms with Gasteiger partial charge in [-0.05, 0) is 30.9 Å². The predicted octanol–water partition coefficient (Wildman–Crippen LogP) is 3.19. The minimum absolute atomic E-state index is 0.387. The highest BCUT2D eigenvalue weighted by Gasteiger charge is 2.31. The van der Waals surface area contributed by atoms with Crippen LogP contribution < -0.4 is 9.64 Å². The molecule has 0 atom stereocenters. The Hall–Kier alpha value is -2.38. The van der Waals surface area contributed by atoms with Gasteiger partial charge in [0.2, 0.25) is 5.88 Å². The van der Waals surface area contributed by atoms with Crippen molar-refractivity contribution in [3.63, 3.8) is 0 Å². The first kappa shape index (κ1) is 16.5. The van der Waals surface area contributed by atoms with Gasteiger partial charge in [-0.1, -0.05) is 0 Å². The van der Waals surface area contributed by atoms with E-state index < -0.39 is 11.7 Å². The van der Waals surface area contributed by atoms with Crippen molar-refractivity contribution in [3.05, 3.63) is 42.5 Å². The standard InChI is InChI=1S/C16H17F3N4O/c17-16(18,19)13-1-2-14(22-9-13)23-7-3-12(4-8-23)11-24-15-10-20-5-6-21-15/h1-2,5-6,9-10,12H,3-4,7-8,11H2. The van der Waals surface area contributed by atoms with Crippen molar-refractivity contribution < 1.29 is 17.9 Å². The maximum Gasteiger partial charge on any atom is 0.417 e. The van der Waals surface area contributed by atoms with E-state index in [-0.39, 0.29) is 0 Å². The van der Waals surface area contributed by atoms with E-state index in [4.69, 9.17) is 4.74 Å². The second-order valence-electron chi connectivity index (χ2n) is 5.69. The Morgan fingerprint density at radius 1 is 1.08 bits per heavy atom. The molecule has 8 heteroatoms. The normalized spacial score (nSPS) is 16.2. The first-order valence-corrected chi connectivity index (χ1v) is 7.69. The largest absolute Gasteiger partial charge is 0.476 e. The van der Waals surface area contributed by atoms with Gasteiger partial charge in [-0.2, -0.15) is 13.2 Å². The second-order valence-corrected chi connectivity index (χ2v) is 5.69. The molecule has 0 amide bonds. The number of hydrogen-bond acceptors (Lipinski definition) is 5. The van der Waals surface area contributed by atoms with E-state index >= 15 is 0 Å². The predicted molar refractivity (Wildman–Crippen MR) is 81.7 cm³/mol. The number of pyridine rings is 1. The molecule has 5 nitrogen and oxygen atoms in total. The van der Waals surface area contributed by atoms with Gasteiger partial charge in [0.15, 0.2) is 0 Å². The van der Waals surface area contributed by atoms with Crippen molar-refractivity contribution in [2.75, 3.05) is 24.6 Å². The lowest BCUT2D eigenvalue weighted by atomic mass is 9.98. The van der Waals surface area contributed by atoms with Gasteiger partial charge in [-0.25, -0.2) is 9.97 Å². The molecule has 0 N–H and O–H groups in total. The van der Waals surface area contributed by atoms with E-state index in [1.54, 1.807) is 18.6 Å². The number of anilines is 1. The SMILES string of the molecule is FC(F)(F)c1ccc(N2CCC(COc3cnccn3)CC2)nc1. The van der Waals surface area contributed by atoms with Crippen LogP contribution in [0.4, 0.5) is 19.0 Å².